The van der Waals surface area contributed by atoms with E-state index in [1.54, 1.807) is 12.1 Å². The van der Waals surface area contributed by atoms with Crippen molar-refractivity contribution >= 4 is 5.69 Å². The lowest BCUT2D eigenvalue weighted by atomic mass is 10.1. The van der Waals surface area contributed by atoms with Gasteiger partial charge in [-0.25, -0.2) is 0 Å². The number of nitro benzene ring substituents is 1. The van der Waals surface area contributed by atoms with E-state index in [-0.39, 0.29) is 10.6 Å². The first-order chi connectivity index (χ1) is 8.68. The van der Waals surface area contributed by atoms with E-state index in [1.807, 2.05) is 12.1 Å². The van der Waals surface area contributed by atoms with Crippen LogP contribution in [0.1, 0.15) is 12.5 Å². The highest BCUT2D eigenvalue weighted by molar-refractivity contribution is 5.39. The molecule has 1 heterocycles. The van der Waals surface area contributed by atoms with Crippen molar-refractivity contribution in [2.24, 2.45) is 0 Å². The Bertz CT molecular complexity index is 422. The third-order valence-electron chi connectivity index (χ3n) is 3.50. The molecule has 1 saturated heterocycles. The van der Waals surface area contributed by atoms with Crippen molar-refractivity contribution in [2.45, 2.75) is 19.4 Å². The fourth-order valence-corrected chi connectivity index (χ4v) is 2.38. The number of hydrogen-bond donors (Lipinski definition) is 1. The molecule has 2 rings (SSSR count). The summed E-state index contributed by atoms with van der Waals surface area (Å²) in [7, 11) is 0. The van der Waals surface area contributed by atoms with Gasteiger partial charge >= 0.3 is 0 Å². The fraction of sp³-hybridized carbons (Fsp3) is 0.538. The Labute approximate surface area is 107 Å². The van der Waals surface area contributed by atoms with Crippen molar-refractivity contribution in [3.63, 3.8) is 0 Å². The average Bonchev–Trinajstić information content (AvgIpc) is 2.38. The molecule has 1 atom stereocenters. The normalized spacial score (nSPS) is 20.8. The minimum absolute atomic E-state index is 0.236. The summed E-state index contributed by atoms with van der Waals surface area (Å²) in [6.45, 7) is 6.08. The lowest BCUT2D eigenvalue weighted by molar-refractivity contribution is -0.385. The molecule has 1 fully saturated rings. The summed E-state index contributed by atoms with van der Waals surface area (Å²) in [4.78, 5) is 13.0. The third kappa shape index (κ3) is 3.05. The Morgan fingerprint density at radius 2 is 2.28 bits per heavy atom. The summed E-state index contributed by atoms with van der Waals surface area (Å²) >= 11 is 0. The van der Waals surface area contributed by atoms with E-state index in [0.29, 0.717) is 6.04 Å². The second-order valence-electron chi connectivity index (χ2n) is 4.72. The SMILES string of the molecule is CC1CNCCN1CCc1ccccc1[N+](=O)[O-]. The molecule has 0 bridgehead atoms. The topological polar surface area (TPSA) is 58.4 Å². The summed E-state index contributed by atoms with van der Waals surface area (Å²) in [5.74, 6) is 0. The smallest absolute Gasteiger partial charge is 0.272 e. The first-order valence-electron chi connectivity index (χ1n) is 6.35. The molecule has 0 radical (unpaired) electrons. The summed E-state index contributed by atoms with van der Waals surface area (Å²) < 4.78 is 0. The van der Waals surface area contributed by atoms with Gasteiger partial charge in [-0.05, 0) is 13.3 Å². The molecule has 1 unspecified atom stereocenters. The molecule has 0 aliphatic carbocycles. The van der Waals surface area contributed by atoms with Crippen LogP contribution in [0.25, 0.3) is 0 Å². The number of benzene rings is 1. The predicted octanol–water partition coefficient (Wildman–Crippen LogP) is 1.43. The zero-order valence-corrected chi connectivity index (χ0v) is 10.6. The van der Waals surface area contributed by atoms with Crippen LogP contribution in [0.2, 0.25) is 0 Å². The van der Waals surface area contributed by atoms with Crippen molar-refractivity contribution in [2.75, 3.05) is 26.2 Å². The van der Waals surface area contributed by atoms with Gasteiger partial charge in [-0.3, -0.25) is 15.0 Å². The van der Waals surface area contributed by atoms with Gasteiger partial charge in [0.15, 0.2) is 0 Å². The van der Waals surface area contributed by atoms with Gasteiger partial charge in [0.05, 0.1) is 4.92 Å². The number of nitrogens with zero attached hydrogens (tertiary/aromatic N) is 2. The maximum absolute atomic E-state index is 10.9. The molecule has 0 amide bonds. The van der Waals surface area contributed by atoms with Crippen LogP contribution in [0.3, 0.4) is 0 Å². The first kappa shape index (κ1) is 13.0. The Morgan fingerprint density at radius 1 is 1.50 bits per heavy atom. The highest BCUT2D eigenvalue weighted by Crippen LogP contribution is 2.18. The molecule has 1 aliphatic rings. The molecule has 5 nitrogen and oxygen atoms in total. The molecule has 1 aliphatic heterocycles. The maximum atomic E-state index is 10.9. The van der Waals surface area contributed by atoms with E-state index >= 15 is 0 Å². The lowest BCUT2D eigenvalue weighted by Crippen LogP contribution is -2.50. The predicted molar refractivity (Wildman–Crippen MR) is 70.7 cm³/mol. The van der Waals surface area contributed by atoms with Crippen LogP contribution in [0.5, 0.6) is 0 Å². The molecule has 5 heteroatoms. The van der Waals surface area contributed by atoms with Crippen LogP contribution in [0, 0.1) is 10.1 Å². The Hall–Kier alpha value is -1.46. The lowest BCUT2D eigenvalue weighted by Gasteiger charge is -2.33. The minimum Gasteiger partial charge on any atom is -0.314 e. The Balaban J connectivity index is 1.99. The van der Waals surface area contributed by atoms with E-state index in [0.717, 1.165) is 38.2 Å². The zero-order valence-electron chi connectivity index (χ0n) is 10.6. The van der Waals surface area contributed by atoms with Gasteiger partial charge in [-0.1, -0.05) is 18.2 Å². The van der Waals surface area contributed by atoms with Crippen molar-refractivity contribution in [3.05, 3.63) is 39.9 Å². The van der Waals surface area contributed by atoms with Crippen LogP contribution < -0.4 is 5.32 Å². The molecule has 1 aromatic carbocycles. The number of piperazine rings is 1. The van der Waals surface area contributed by atoms with E-state index in [9.17, 15) is 10.1 Å². The fourth-order valence-electron chi connectivity index (χ4n) is 2.38. The van der Waals surface area contributed by atoms with Gasteiger partial charge in [-0.15, -0.1) is 0 Å². The summed E-state index contributed by atoms with van der Waals surface area (Å²) in [5.41, 5.74) is 1.06. The van der Waals surface area contributed by atoms with E-state index in [1.165, 1.54) is 0 Å². The summed E-state index contributed by atoms with van der Waals surface area (Å²) in [6, 6.07) is 7.52. The second-order valence-corrected chi connectivity index (χ2v) is 4.72. The first-order valence-corrected chi connectivity index (χ1v) is 6.35. The van der Waals surface area contributed by atoms with Gasteiger partial charge in [0, 0.05) is 43.9 Å². The quantitative estimate of drug-likeness (QED) is 0.648. The number of nitrogens with one attached hydrogen (secondary N) is 1. The Morgan fingerprint density at radius 3 is 3.00 bits per heavy atom. The number of rotatable bonds is 4. The van der Waals surface area contributed by atoms with Gasteiger partial charge < -0.3 is 5.32 Å². The van der Waals surface area contributed by atoms with Crippen LogP contribution in [-0.2, 0) is 6.42 Å². The monoisotopic (exact) mass is 249 g/mol. The van der Waals surface area contributed by atoms with Gasteiger partial charge in [-0.2, -0.15) is 0 Å². The highest BCUT2D eigenvalue weighted by Gasteiger charge is 2.19. The number of para-hydroxylation sites is 1. The van der Waals surface area contributed by atoms with Crippen LogP contribution in [0.15, 0.2) is 24.3 Å². The molecule has 0 aromatic heterocycles. The summed E-state index contributed by atoms with van der Waals surface area (Å²) in [6.07, 6.45) is 0.738. The van der Waals surface area contributed by atoms with E-state index < -0.39 is 0 Å². The second kappa shape index (κ2) is 5.93. The zero-order chi connectivity index (χ0) is 13.0. The van der Waals surface area contributed by atoms with Crippen molar-refractivity contribution in [1.82, 2.24) is 10.2 Å². The minimum atomic E-state index is -0.295. The molecular weight excluding hydrogens is 230 g/mol. The highest BCUT2D eigenvalue weighted by atomic mass is 16.6. The van der Waals surface area contributed by atoms with Gasteiger partial charge in [0.2, 0.25) is 0 Å². The summed E-state index contributed by atoms with van der Waals surface area (Å²) in [5, 5.41) is 14.3. The van der Waals surface area contributed by atoms with Gasteiger partial charge in [0.1, 0.15) is 0 Å². The largest absolute Gasteiger partial charge is 0.314 e. The van der Waals surface area contributed by atoms with Crippen LogP contribution in [0.4, 0.5) is 5.69 Å². The molecule has 0 spiro atoms. The van der Waals surface area contributed by atoms with Crippen LogP contribution >= 0.6 is 0 Å². The van der Waals surface area contributed by atoms with Crippen molar-refractivity contribution in [1.29, 1.82) is 0 Å². The maximum Gasteiger partial charge on any atom is 0.272 e. The van der Waals surface area contributed by atoms with Crippen molar-refractivity contribution < 1.29 is 4.92 Å². The third-order valence-corrected chi connectivity index (χ3v) is 3.50. The average molecular weight is 249 g/mol. The van der Waals surface area contributed by atoms with E-state index in [2.05, 4.69) is 17.1 Å². The molecule has 1 N–H and O–H groups in total. The number of nitro groups is 1. The molecule has 98 valence electrons. The molecule has 0 saturated carbocycles. The molecule has 1 aromatic rings. The van der Waals surface area contributed by atoms with Crippen LogP contribution in [-0.4, -0.2) is 42.0 Å². The van der Waals surface area contributed by atoms with Crippen molar-refractivity contribution in [3.8, 4) is 0 Å². The molecular formula is C13H19N3O2. The molecule has 18 heavy (non-hydrogen) atoms. The standard InChI is InChI=1S/C13H19N3O2/c1-11-10-14-7-9-15(11)8-6-12-4-2-3-5-13(12)16(17)18/h2-5,11,14H,6-10H2,1H3. The Kier molecular flexibility index (Phi) is 4.28. The number of hydrogen-bond acceptors (Lipinski definition) is 4. The van der Waals surface area contributed by atoms with Gasteiger partial charge in [0.25, 0.3) is 5.69 Å². The van der Waals surface area contributed by atoms with E-state index in [4.69, 9.17) is 0 Å².